The molecule has 2 aliphatic carbocycles. The maximum atomic E-state index is 11.1. The number of hydrogen-bond acceptors (Lipinski definition) is 3. The van der Waals surface area contributed by atoms with Crippen molar-refractivity contribution in [3.63, 3.8) is 0 Å². The van der Waals surface area contributed by atoms with Gasteiger partial charge in [-0.15, -0.1) is 0 Å². The first-order chi connectivity index (χ1) is 12.7. The molecule has 1 atom stereocenters. The Kier molecular flexibility index (Phi) is 3.57. The zero-order valence-electron chi connectivity index (χ0n) is 14.5. The predicted octanol–water partition coefficient (Wildman–Crippen LogP) is 4.21. The number of H-pyrrole nitrogens is 1. The van der Waals surface area contributed by atoms with Crippen LogP contribution in [0.25, 0.3) is 10.9 Å². The number of nitrogens with zero attached hydrogens (tertiary/aromatic N) is 1. The summed E-state index contributed by atoms with van der Waals surface area (Å²) in [6, 6.07) is 14.6. The van der Waals surface area contributed by atoms with Crippen LogP contribution in [0.5, 0.6) is 0 Å². The molecule has 0 radical (unpaired) electrons. The second-order valence-corrected chi connectivity index (χ2v) is 7.49. The lowest BCUT2D eigenvalue weighted by Crippen LogP contribution is -2.35. The molecular weight excluding hydrogens is 326 g/mol. The topological polar surface area (TPSA) is 71.0 Å². The van der Waals surface area contributed by atoms with E-state index >= 15 is 0 Å². The van der Waals surface area contributed by atoms with Gasteiger partial charge in [-0.2, -0.15) is 0 Å². The minimum atomic E-state index is -0.312. The van der Waals surface area contributed by atoms with Crippen LogP contribution in [0.4, 0.5) is 5.69 Å². The Morgan fingerprint density at radius 1 is 1.12 bits per heavy atom. The van der Waals surface area contributed by atoms with E-state index in [9.17, 15) is 10.1 Å². The first kappa shape index (κ1) is 15.6. The largest absolute Gasteiger partial charge is 0.357 e. The number of aryl methyl sites for hydroxylation is 1. The minimum Gasteiger partial charge on any atom is -0.357 e. The summed E-state index contributed by atoms with van der Waals surface area (Å²) in [6.07, 6.45) is 5.36. The molecule has 0 saturated heterocycles. The van der Waals surface area contributed by atoms with Crippen molar-refractivity contribution in [1.29, 1.82) is 0 Å². The molecule has 2 aromatic carbocycles. The fourth-order valence-corrected chi connectivity index (χ4v) is 4.69. The van der Waals surface area contributed by atoms with Crippen molar-refractivity contribution >= 4 is 16.6 Å². The van der Waals surface area contributed by atoms with Gasteiger partial charge in [-0.3, -0.25) is 10.1 Å². The molecule has 1 aromatic heterocycles. The van der Waals surface area contributed by atoms with Gasteiger partial charge in [0.2, 0.25) is 0 Å². The van der Waals surface area contributed by atoms with E-state index in [2.05, 4.69) is 34.6 Å². The fourth-order valence-electron chi connectivity index (χ4n) is 4.69. The van der Waals surface area contributed by atoms with E-state index in [4.69, 9.17) is 0 Å². The second kappa shape index (κ2) is 5.95. The zero-order valence-corrected chi connectivity index (χ0v) is 14.5. The van der Waals surface area contributed by atoms with Gasteiger partial charge in [0.05, 0.1) is 4.92 Å². The van der Waals surface area contributed by atoms with E-state index in [1.54, 1.807) is 12.1 Å². The highest BCUT2D eigenvalue weighted by atomic mass is 16.6. The highest BCUT2D eigenvalue weighted by Gasteiger charge is 2.29. The second-order valence-electron chi connectivity index (χ2n) is 7.49. The number of rotatable bonds is 3. The molecule has 0 spiro atoms. The Labute approximate surface area is 151 Å². The van der Waals surface area contributed by atoms with E-state index in [0.717, 1.165) is 43.0 Å². The Bertz CT molecular complexity index is 983. The van der Waals surface area contributed by atoms with Gasteiger partial charge in [-0.1, -0.05) is 24.3 Å². The molecule has 5 rings (SSSR count). The van der Waals surface area contributed by atoms with Gasteiger partial charge < -0.3 is 10.3 Å². The maximum Gasteiger partial charge on any atom is 0.270 e. The van der Waals surface area contributed by atoms with Crippen molar-refractivity contribution in [1.82, 2.24) is 10.3 Å². The van der Waals surface area contributed by atoms with Gasteiger partial charge in [0.1, 0.15) is 0 Å². The average Bonchev–Trinajstić information content (AvgIpc) is 3.22. The molecule has 1 heterocycles. The Morgan fingerprint density at radius 2 is 1.88 bits per heavy atom. The SMILES string of the molecule is O=[N+]([O-])c1ccc2[nH]c3c(c2c1)CCC[C@H]3NC1Cc2ccccc2C1. The molecule has 3 aromatic rings. The smallest absolute Gasteiger partial charge is 0.270 e. The van der Waals surface area contributed by atoms with E-state index < -0.39 is 0 Å². The molecule has 132 valence electrons. The van der Waals surface area contributed by atoms with Crippen LogP contribution in [0.1, 0.15) is 41.3 Å². The number of nitro groups is 1. The first-order valence-corrected chi connectivity index (χ1v) is 9.31. The highest BCUT2D eigenvalue weighted by molar-refractivity contribution is 5.87. The van der Waals surface area contributed by atoms with Crippen LogP contribution >= 0.6 is 0 Å². The quantitative estimate of drug-likeness (QED) is 0.551. The fraction of sp³-hybridized carbons (Fsp3) is 0.333. The number of nitrogens with one attached hydrogen (secondary N) is 2. The molecule has 5 nitrogen and oxygen atoms in total. The van der Waals surface area contributed by atoms with Gasteiger partial charge >= 0.3 is 0 Å². The van der Waals surface area contributed by atoms with Crippen molar-refractivity contribution in [2.45, 2.75) is 44.2 Å². The van der Waals surface area contributed by atoms with Crippen molar-refractivity contribution in [3.8, 4) is 0 Å². The first-order valence-electron chi connectivity index (χ1n) is 9.31. The third-order valence-electron chi connectivity index (χ3n) is 5.89. The summed E-state index contributed by atoms with van der Waals surface area (Å²) in [4.78, 5) is 14.3. The lowest BCUT2D eigenvalue weighted by Gasteiger charge is -2.27. The van der Waals surface area contributed by atoms with Gasteiger partial charge in [-0.05, 0) is 54.9 Å². The summed E-state index contributed by atoms with van der Waals surface area (Å²) in [5, 5.41) is 16.0. The van der Waals surface area contributed by atoms with Crippen LogP contribution in [0.3, 0.4) is 0 Å². The average molecular weight is 347 g/mol. The van der Waals surface area contributed by atoms with Gasteiger partial charge in [0, 0.05) is 40.8 Å². The van der Waals surface area contributed by atoms with Gasteiger partial charge in [0.25, 0.3) is 5.69 Å². The van der Waals surface area contributed by atoms with E-state index in [1.807, 2.05) is 6.07 Å². The normalized spacial score (nSPS) is 19.5. The molecule has 5 heteroatoms. The van der Waals surface area contributed by atoms with Crippen molar-refractivity contribution in [2.75, 3.05) is 0 Å². The Morgan fingerprint density at radius 3 is 2.62 bits per heavy atom. The summed E-state index contributed by atoms with van der Waals surface area (Å²) >= 11 is 0. The molecule has 0 fully saturated rings. The molecule has 2 aliphatic rings. The standard InChI is InChI=1S/C21H21N3O2/c25-24(26)16-8-9-19-18(12-16)17-6-3-7-20(21(17)23-19)22-15-10-13-4-1-2-5-14(13)11-15/h1-2,4-5,8-9,12,15,20,22-23H,3,6-7,10-11H2/t20-/m1/s1. The zero-order chi connectivity index (χ0) is 17.7. The summed E-state index contributed by atoms with van der Waals surface area (Å²) in [5.74, 6) is 0. The van der Waals surface area contributed by atoms with Crippen molar-refractivity contribution in [2.24, 2.45) is 0 Å². The molecule has 26 heavy (non-hydrogen) atoms. The molecular formula is C21H21N3O2. The number of aromatic amines is 1. The molecule has 0 saturated carbocycles. The van der Waals surface area contributed by atoms with Crippen LogP contribution in [-0.2, 0) is 19.3 Å². The molecule has 0 bridgehead atoms. The molecule has 0 amide bonds. The van der Waals surface area contributed by atoms with E-state index in [-0.39, 0.29) is 10.6 Å². The lowest BCUT2D eigenvalue weighted by molar-refractivity contribution is -0.384. The van der Waals surface area contributed by atoms with Crippen LogP contribution in [0.2, 0.25) is 0 Å². The summed E-state index contributed by atoms with van der Waals surface area (Å²) < 4.78 is 0. The van der Waals surface area contributed by atoms with Crippen LogP contribution in [0.15, 0.2) is 42.5 Å². The van der Waals surface area contributed by atoms with E-state index in [1.165, 1.54) is 22.4 Å². The van der Waals surface area contributed by atoms with Gasteiger partial charge in [0.15, 0.2) is 0 Å². The predicted molar refractivity (Wildman–Crippen MR) is 101 cm³/mol. The number of nitro benzene ring substituents is 1. The third kappa shape index (κ3) is 2.51. The summed E-state index contributed by atoms with van der Waals surface area (Å²) in [7, 11) is 0. The number of non-ortho nitro benzene ring substituents is 1. The molecule has 2 N–H and O–H groups in total. The number of benzene rings is 2. The highest BCUT2D eigenvalue weighted by Crippen LogP contribution is 2.37. The van der Waals surface area contributed by atoms with Crippen LogP contribution in [-0.4, -0.2) is 15.9 Å². The van der Waals surface area contributed by atoms with Crippen LogP contribution in [0, 0.1) is 10.1 Å². The maximum absolute atomic E-state index is 11.1. The van der Waals surface area contributed by atoms with E-state index in [0.29, 0.717) is 12.1 Å². The number of aromatic nitrogens is 1. The minimum absolute atomic E-state index is 0.167. The lowest BCUT2D eigenvalue weighted by atomic mass is 9.91. The number of hydrogen-bond donors (Lipinski definition) is 2. The van der Waals surface area contributed by atoms with Crippen molar-refractivity contribution in [3.05, 3.63) is 75.0 Å². The summed E-state index contributed by atoms with van der Waals surface area (Å²) in [5.41, 5.74) is 6.55. The molecule has 0 unspecified atom stereocenters. The van der Waals surface area contributed by atoms with Gasteiger partial charge in [-0.25, -0.2) is 0 Å². The molecule has 0 aliphatic heterocycles. The monoisotopic (exact) mass is 347 g/mol. The number of fused-ring (bicyclic) bond motifs is 4. The van der Waals surface area contributed by atoms with Crippen LogP contribution < -0.4 is 5.32 Å². The third-order valence-corrected chi connectivity index (χ3v) is 5.89. The van der Waals surface area contributed by atoms with Crippen molar-refractivity contribution < 1.29 is 4.92 Å². The Balaban J connectivity index is 1.45. The summed E-state index contributed by atoms with van der Waals surface area (Å²) in [6.45, 7) is 0. The Hall–Kier alpha value is -2.66.